The number of fused-ring (bicyclic) bond motifs is 20. The number of nitrogens with zero attached hydrogens (tertiary/aromatic N) is 9. The molecule has 10 nitrogen and oxygen atoms in total. The van der Waals surface area contributed by atoms with Gasteiger partial charge in [-0.25, -0.2) is 0 Å². The SMILES string of the molecule is Nn1c(C(n2ccnn2)[C]23[CH]4[CH]5[CH]6[CH]2[Fe]56432789[CH]3[CH]2[CH]7[CH]8[CH]39)nnc1C(n1ccnn1)[C]12[CH]3[CH]4[CH]5[CH]1[Fe]45321678[CH]2[CH]1[CH]6[CH]7[CH]28. The second-order valence-electron chi connectivity index (χ2n) is 23.3. The van der Waals surface area contributed by atoms with Crippen LogP contribution in [0.25, 0.3) is 0 Å². The van der Waals surface area contributed by atoms with Crippen molar-refractivity contribution >= 4 is 0 Å². The van der Waals surface area contributed by atoms with Crippen molar-refractivity contribution in [3.63, 3.8) is 0 Å². The molecule has 0 bridgehead atoms. The van der Waals surface area contributed by atoms with Crippen LogP contribution in [0.2, 0.25) is 95.3 Å². The van der Waals surface area contributed by atoms with Gasteiger partial charge in [-0.1, -0.05) is 0 Å². The van der Waals surface area contributed by atoms with E-state index in [9.17, 15) is 0 Å². The molecule has 0 aromatic carbocycles. The van der Waals surface area contributed by atoms with Crippen molar-refractivity contribution in [2.24, 2.45) is 0 Å². The fraction of sp³-hybridized carbons (Fsp3) is 0.786. The summed E-state index contributed by atoms with van der Waals surface area (Å²) in [5, 5.41) is 28.6. The van der Waals surface area contributed by atoms with Crippen molar-refractivity contribution in [3.05, 3.63) is 36.4 Å². The molecule has 40 heavy (non-hydrogen) atoms. The molecule has 0 aliphatic carbocycles. The van der Waals surface area contributed by atoms with Gasteiger partial charge in [-0.05, 0) is 0 Å². The van der Waals surface area contributed by atoms with Crippen LogP contribution in [0.3, 0.4) is 0 Å². The summed E-state index contributed by atoms with van der Waals surface area (Å²) >= 11 is 0. The molecule has 2 spiro atoms. The first-order valence-electron chi connectivity index (χ1n) is 16.0. The number of nitrogen functional groups attached to an aromatic ring is 1. The van der Waals surface area contributed by atoms with Gasteiger partial charge in [0, 0.05) is 0 Å². The van der Waals surface area contributed by atoms with Gasteiger partial charge in [0.15, 0.2) is 0 Å². The molecule has 0 amide bonds. The number of aromatic nitrogens is 9. The summed E-state index contributed by atoms with van der Waals surface area (Å²) < 4.78 is 7.62. The van der Waals surface area contributed by atoms with Crippen LogP contribution >= 0.6 is 0 Å². The Bertz CT molecular complexity index is 2650. The van der Waals surface area contributed by atoms with Crippen molar-refractivity contribution in [3.8, 4) is 0 Å². The molecule has 20 aliphatic heterocycles. The first kappa shape index (κ1) is 14.6. The first-order chi connectivity index (χ1) is 19.2. The van der Waals surface area contributed by atoms with E-state index in [0.717, 1.165) is 30.9 Å². The Kier molecular flexibility index (Phi) is 0.522. The zero-order valence-corrected chi connectivity index (χ0v) is 23.4. The van der Waals surface area contributed by atoms with Gasteiger partial charge in [0.1, 0.15) is 0 Å². The maximum atomic E-state index is 7.41. The van der Waals surface area contributed by atoms with Crippen LogP contribution in [0.1, 0.15) is 23.7 Å². The second kappa shape index (κ2) is 1.43. The third-order valence-corrected chi connectivity index (χ3v) is 118. The molecule has 3 aromatic rings. The molecule has 20 fully saturated rings. The zero-order valence-electron chi connectivity index (χ0n) is 21.2. The van der Waals surface area contributed by atoms with Gasteiger partial charge in [0.05, 0.1) is 0 Å². The predicted molar refractivity (Wildman–Crippen MR) is 129 cm³/mol. The van der Waals surface area contributed by atoms with Gasteiger partial charge < -0.3 is 0 Å². The predicted octanol–water partition coefficient (Wildman–Crippen LogP) is 4.87. The molecular formula is C28H26Fe2N10. The van der Waals surface area contributed by atoms with E-state index in [4.69, 9.17) is 26.5 Å². The Morgan fingerprint density at radius 2 is 0.925 bits per heavy atom. The monoisotopic (exact) mass is 614 g/mol. The van der Waals surface area contributed by atoms with E-state index in [1.54, 1.807) is 0 Å². The van der Waals surface area contributed by atoms with E-state index in [-0.39, 0.29) is 12.1 Å². The molecule has 20 aliphatic rings. The van der Waals surface area contributed by atoms with Gasteiger partial charge in [0.2, 0.25) is 0 Å². The van der Waals surface area contributed by atoms with Crippen LogP contribution < -0.4 is 5.84 Å². The van der Waals surface area contributed by atoms with Gasteiger partial charge in [-0.15, -0.1) is 0 Å². The maximum absolute atomic E-state index is 7.41. The van der Waals surface area contributed by atoms with Crippen molar-refractivity contribution in [2.45, 2.75) is 107 Å². The quantitative estimate of drug-likeness (QED) is 0.311. The van der Waals surface area contributed by atoms with E-state index in [2.05, 4.69) is 36.6 Å². The van der Waals surface area contributed by atoms with E-state index >= 15 is 0 Å². The van der Waals surface area contributed by atoms with Gasteiger partial charge >= 0.3 is 208 Å². The van der Waals surface area contributed by atoms with Crippen LogP contribution in [-0.2, 0) is 13.0 Å². The average molecular weight is 614 g/mol. The number of rotatable bonds is 6. The Morgan fingerprint density at radius 3 is 1.15 bits per heavy atom. The van der Waals surface area contributed by atoms with E-state index in [1.165, 1.54) is 67.4 Å². The summed E-state index contributed by atoms with van der Waals surface area (Å²) in [7, 11) is 0. The summed E-state index contributed by atoms with van der Waals surface area (Å²) in [6.07, 6.45) is 8.07. The summed E-state index contributed by atoms with van der Waals surface area (Å²) in [5.41, 5.74) is 0. The Morgan fingerprint density at radius 1 is 0.575 bits per heavy atom. The Labute approximate surface area is 206 Å². The molecule has 3 aromatic heterocycles. The molecule has 0 radical (unpaired) electrons. The number of hydrogen-bond donors (Lipinski definition) is 1. The molecule has 12 heteroatoms. The number of hydrogen-bond acceptors (Lipinski definition) is 7. The minimum atomic E-state index is -3.52. The summed E-state index contributed by atoms with van der Waals surface area (Å²) in [5.74, 6) is 9.48. The van der Waals surface area contributed by atoms with Crippen molar-refractivity contribution in [2.75, 3.05) is 5.84 Å². The molecule has 20 saturated heterocycles. The molecule has 23 rings (SSSR count). The van der Waals surface area contributed by atoms with Gasteiger partial charge in [0.25, 0.3) is 0 Å². The summed E-state index contributed by atoms with van der Waals surface area (Å²) in [6.45, 7) is -7.04. The summed E-state index contributed by atoms with van der Waals surface area (Å²) in [4.78, 5) is 22.0. The molecule has 204 valence electrons. The summed E-state index contributed by atoms with van der Waals surface area (Å²) in [6, 6.07) is 0.368. The standard InChI is InChI=1S/C18H16N10.2C5H5.2Fe/c19-28-17(15(13-5-1-2-6-13)26-11-9-20-24-26)22-23-18(28)16(14-7-3-4-8-14)27-12-10-21-25-27;2*1-2-4-5-3-1;;/h1-12,15-16H,19H2;2*1-5H;;. The normalized spacial score (nSPS) is 105. The fourth-order valence-corrected chi connectivity index (χ4v) is 186. The van der Waals surface area contributed by atoms with E-state index in [1.807, 2.05) is 12.4 Å². The first-order valence-corrected chi connectivity index (χ1v) is 28.6. The van der Waals surface area contributed by atoms with E-state index < -0.39 is 13.0 Å². The third-order valence-electron chi connectivity index (χ3n) is 33.1. The Hall–Kier alpha value is -1.74. The van der Waals surface area contributed by atoms with Gasteiger partial charge in [-0.2, -0.15) is 0 Å². The van der Waals surface area contributed by atoms with Gasteiger partial charge in [-0.3, -0.25) is 0 Å². The minimum absolute atomic E-state index is 0.184. The van der Waals surface area contributed by atoms with Crippen molar-refractivity contribution in [1.29, 1.82) is 0 Å². The fourth-order valence-electron chi connectivity index (χ4n) is 36.7. The molecule has 0 saturated carbocycles. The molecular weight excluding hydrogens is 588 g/mol. The van der Waals surface area contributed by atoms with E-state index in [0.29, 0.717) is 8.63 Å². The average Bonchev–Trinajstić information content (AvgIpc) is 3.91. The molecule has 23 heterocycles. The van der Waals surface area contributed by atoms with Crippen LogP contribution in [0.4, 0.5) is 0 Å². The van der Waals surface area contributed by atoms with Crippen LogP contribution in [0.15, 0.2) is 24.8 Å². The van der Waals surface area contributed by atoms with Crippen molar-refractivity contribution < 1.29 is 13.0 Å². The topological polar surface area (TPSA) is 118 Å². The van der Waals surface area contributed by atoms with Crippen molar-refractivity contribution in [1.82, 2.24) is 44.9 Å². The number of nitrogens with two attached hydrogens (primary N) is 1. The molecule has 10 unspecified atom stereocenters. The zero-order chi connectivity index (χ0) is 24.1. The molecule has 10 atom stereocenters. The second-order valence-corrected chi connectivity index (χ2v) is 70.5. The third kappa shape index (κ3) is 0.196. The van der Waals surface area contributed by atoms with Crippen LogP contribution in [0.5, 0.6) is 0 Å². The Balaban J connectivity index is 0.862. The molecule has 2 N–H and O–H groups in total. The van der Waals surface area contributed by atoms with Crippen LogP contribution in [0, 0.1) is 0 Å². The van der Waals surface area contributed by atoms with Crippen LogP contribution in [-0.4, -0.2) is 44.9 Å².